The largest absolute Gasteiger partial charge is 0.348 e. The Kier molecular flexibility index (Phi) is 5.41. The van der Waals surface area contributed by atoms with Crippen LogP contribution in [0.2, 0.25) is 0 Å². The second-order valence-corrected chi connectivity index (χ2v) is 7.41. The van der Waals surface area contributed by atoms with Crippen LogP contribution in [0.25, 0.3) is 0 Å². The number of hydrogen-bond donors (Lipinski definition) is 1. The van der Waals surface area contributed by atoms with Gasteiger partial charge in [0.15, 0.2) is 5.79 Å². The van der Waals surface area contributed by atoms with Crippen LogP contribution in [0.1, 0.15) is 24.2 Å². The van der Waals surface area contributed by atoms with Gasteiger partial charge in [-0.3, -0.25) is 8.98 Å². The Labute approximate surface area is 136 Å². The molecule has 0 bridgehead atoms. The van der Waals surface area contributed by atoms with Crippen LogP contribution in [0.3, 0.4) is 0 Å². The number of ether oxygens (including phenoxy) is 2. The molecular weight excluding hydrogens is 322 g/mol. The molecule has 1 heterocycles. The first-order valence-electron chi connectivity index (χ1n) is 7.18. The maximum Gasteiger partial charge on any atom is 0.264 e. The molecular formula is C15H21NO6S. The molecule has 1 fully saturated rings. The van der Waals surface area contributed by atoms with Gasteiger partial charge in [0.05, 0.1) is 25.5 Å². The van der Waals surface area contributed by atoms with E-state index in [1.54, 1.807) is 44.2 Å². The van der Waals surface area contributed by atoms with Crippen molar-refractivity contribution in [1.82, 2.24) is 5.32 Å². The standard InChI is InChI=1S/C15H21NO6S/c1-15(2)20-9-12(13(10-21-15)22-23(3,18)19)16-14(17)11-7-5-4-6-8-11/h4-8,12-13H,9-10H2,1-3H3,(H,16,17)/t12-,13-/m0/s1. The fourth-order valence-corrected chi connectivity index (χ4v) is 2.77. The van der Waals surface area contributed by atoms with E-state index in [1.165, 1.54) is 0 Å². The van der Waals surface area contributed by atoms with Crippen LogP contribution in [0.5, 0.6) is 0 Å². The molecule has 0 saturated carbocycles. The summed E-state index contributed by atoms with van der Waals surface area (Å²) in [6, 6.07) is 7.97. The number of carbonyl (C=O) groups excluding carboxylic acids is 1. The molecule has 0 unspecified atom stereocenters. The van der Waals surface area contributed by atoms with Crippen LogP contribution in [0, 0.1) is 0 Å². The summed E-state index contributed by atoms with van der Waals surface area (Å²) in [4.78, 5) is 12.3. The number of hydrogen-bond acceptors (Lipinski definition) is 6. The molecule has 1 aliphatic rings. The maximum absolute atomic E-state index is 12.3. The molecule has 1 aromatic rings. The van der Waals surface area contributed by atoms with Crippen molar-refractivity contribution in [1.29, 1.82) is 0 Å². The fourth-order valence-electron chi connectivity index (χ4n) is 2.13. The maximum atomic E-state index is 12.3. The Morgan fingerprint density at radius 2 is 1.83 bits per heavy atom. The Balaban J connectivity index is 2.15. The van der Waals surface area contributed by atoms with Gasteiger partial charge in [0.1, 0.15) is 6.10 Å². The van der Waals surface area contributed by atoms with Gasteiger partial charge in [0.2, 0.25) is 0 Å². The summed E-state index contributed by atoms with van der Waals surface area (Å²) >= 11 is 0. The van der Waals surface area contributed by atoms with Crippen molar-refractivity contribution in [3.8, 4) is 0 Å². The predicted molar refractivity (Wildman–Crippen MR) is 83.4 cm³/mol. The normalized spacial score (nSPS) is 24.7. The fraction of sp³-hybridized carbons (Fsp3) is 0.533. The van der Waals surface area contributed by atoms with Gasteiger partial charge in [0.25, 0.3) is 16.0 Å². The predicted octanol–water partition coefficient (Wildman–Crippen LogP) is 0.913. The van der Waals surface area contributed by atoms with Crippen LogP contribution in [0.4, 0.5) is 0 Å². The van der Waals surface area contributed by atoms with Crippen LogP contribution in [-0.2, 0) is 23.8 Å². The van der Waals surface area contributed by atoms with E-state index in [0.29, 0.717) is 5.56 Å². The number of amides is 1. The van der Waals surface area contributed by atoms with E-state index in [2.05, 4.69) is 5.32 Å². The van der Waals surface area contributed by atoms with Crippen molar-refractivity contribution < 1.29 is 26.9 Å². The van der Waals surface area contributed by atoms with Crippen LogP contribution >= 0.6 is 0 Å². The smallest absolute Gasteiger partial charge is 0.264 e. The molecule has 8 heteroatoms. The number of carbonyl (C=O) groups is 1. The zero-order valence-corrected chi connectivity index (χ0v) is 14.1. The molecule has 1 aromatic carbocycles. The van der Waals surface area contributed by atoms with Crippen molar-refractivity contribution in [3.63, 3.8) is 0 Å². The van der Waals surface area contributed by atoms with E-state index in [-0.39, 0.29) is 19.1 Å². The van der Waals surface area contributed by atoms with E-state index >= 15 is 0 Å². The Morgan fingerprint density at radius 3 is 2.43 bits per heavy atom. The molecule has 1 amide bonds. The van der Waals surface area contributed by atoms with Gasteiger partial charge in [-0.15, -0.1) is 0 Å². The van der Waals surface area contributed by atoms with Gasteiger partial charge < -0.3 is 14.8 Å². The van der Waals surface area contributed by atoms with Crippen molar-refractivity contribution in [2.75, 3.05) is 19.5 Å². The van der Waals surface area contributed by atoms with Gasteiger partial charge in [-0.1, -0.05) is 18.2 Å². The Morgan fingerprint density at radius 1 is 1.22 bits per heavy atom. The lowest BCUT2D eigenvalue weighted by Crippen LogP contribution is -2.48. The summed E-state index contributed by atoms with van der Waals surface area (Å²) in [5.74, 6) is -1.22. The average molecular weight is 343 g/mol. The first kappa shape index (κ1) is 17.9. The average Bonchev–Trinajstić information content (AvgIpc) is 2.59. The lowest BCUT2D eigenvalue weighted by molar-refractivity contribution is -0.203. The van der Waals surface area contributed by atoms with Crippen LogP contribution < -0.4 is 5.32 Å². The molecule has 23 heavy (non-hydrogen) atoms. The molecule has 0 aromatic heterocycles. The highest BCUT2D eigenvalue weighted by atomic mass is 32.2. The minimum atomic E-state index is -3.70. The molecule has 7 nitrogen and oxygen atoms in total. The zero-order valence-electron chi connectivity index (χ0n) is 13.3. The summed E-state index contributed by atoms with van der Waals surface area (Å²) < 4.78 is 39.0. The van der Waals surface area contributed by atoms with Gasteiger partial charge >= 0.3 is 0 Å². The molecule has 0 spiro atoms. The summed E-state index contributed by atoms with van der Waals surface area (Å²) in [6.07, 6.45) is 0.0967. The second kappa shape index (κ2) is 6.96. The van der Waals surface area contributed by atoms with Gasteiger partial charge in [-0.25, -0.2) is 0 Å². The molecule has 2 atom stereocenters. The molecule has 1 saturated heterocycles. The first-order chi connectivity index (χ1) is 10.7. The van der Waals surface area contributed by atoms with Crippen molar-refractivity contribution in [3.05, 3.63) is 35.9 Å². The molecule has 2 rings (SSSR count). The third kappa shape index (κ3) is 5.58. The SMILES string of the molecule is CC1(C)OC[C@H](NC(=O)c2ccccc2)[C@@H](OS(C)(=O)=O)CO1. The van der Waals surface area contributed by atoms with E-state index in [1.807, 2.05) is 0 Å². The summed E-state index contributed by atoms with van der Waals surface area (Å²) in [5, 5.41) is 2.75. The first-order valence-corrected chi connectivity index (χ1v) is 9.00. The highest BCUT2D eigenvalue weighted by Crippen LogP contribution is 2.20. The quantitative estimate of drug-likeness (QED) is 0.817. The summed E-state index contributed by atoms with van der Waals surface area (Å²) in [6.45, 7) is 3.49. The molecule has 128 valence electrons. The zero-order chi connectivity index (χ0) is 17.1. The van der Waals surface area contributed by atoms with Crippen LogP contribution in [0.15, 0.2) is 30.3 Å². The number of benzene rings is 1. The van der Waals surface area contributed by atoms with Gasteiger partial charge in [0, 0.05) is 5.56 Å². The van der Waals surface area contributed by atoms with Gasteiger partial charge in [-0.2, -0.15) is 8.42 Å². The lowest BCUT2D eigenvalue weighted by atomic mass is 10.1. The van der Waals surface area contributed by atoms with Crippen molar-refractivity contribution in [2.24, 2.45) is 0 Å². The van der Waals surface area contributed by atoms with Gasteiger partial charge in [-0.05, 0) is 26.0 Å². The lowest BCUT2D eigenvalue weighted by Gasteiger charge is -2.23. The highest BCUT2D eigenvalue weighted by molar-refractivity contribution is 7.86. The van der Waals surface area contributed by atoms with Crippen molar-refractivity contribution >= 4 is 16.0 Å². The van der Waals surface area contributed by atoms with E-state index in [0.717, 1.165) is 6.26 Å². The van der Waals surface area contributed by atoms with Crippen LogP contribution in [-0.4, -0.2) is 51.7 Å². The Bertz CT molecular complexity index is 643. The number of nitrogens with one attached hydrogen (secondary N) is 1. The number of rotatable bonds is 4. The molecule has 0 radical (unpaired) electrons. The van der Waals surface area contributed by atoms with E-state index in [4.69, 9.17) is 13.7 Å². The molecule has 1 aliphatic heterocycles. The Hall–Kier alpha value is -1.48. The second-order valence-electron chi connectivity index (χ2n) is 5.81. The third-order valence-electron chi connectivity index (χ3n) is 3.31. The summed E-state index contributed by atoms with van der Waals surface area (Å²) in [7, 11) is -3.70. The minimum absolute atomic E-state index is 0.0141. The summed E-state index contributed by atoms with van der Waals surface area (Å²) in [5.41, 5.74) is 0.468. The van der Waals surface area contributed by atoms with E-state index < -0.39 is 28.1 Å². The van der Waals surface area contributed by atoms with E-state index in [9.17, 15) is 13.2 Å². The van der Waals surface area contributed by atoms with Crippen molar-refractivity contribution in [2.45, 2.75) is 31.8 Å². The third-order valence-corrected chi connectivity index (χ3v) is 3.90. The monoisotopic (exact) mass is 343 g/mol. The topological polar surface area (TPSA) is 90.9 Å². The minimum Gasteiger partial charge on any atom is -0.348 e. The molecule has 1 N–H and O–H groups in total. The highest BCUT2D eigenvalue weighted by Gasteiger charge is 2.35. The molecule has 0 aliphatic carbocycles.